The quantitative estimate of drug-likeness (QED) is 0.493. The summed E-state index contributed by atoms with van der Waals surface area (Å²) in [6.07, 6.45) is 1.08. The van der Waals surface area contributed by atoms with E-state index in [2.05, 4.69) is 53.6 Å². The van der Waals surface area contributed by atoms with Crippen LogP contribution in [-0.2, 0) is 17.8 Å². The molecule has 3 rings (SSSR count). The Morgan fingerprint density at radius 3 is 2.07 bits per heavy atom. The molecule has 0 radical (unpaired) electrons. The van der Waals surface area contributed by atoms with Crippen LogP contribution in [0.5, 0.6) is 0 Å². The molecule has 1 N–H and O–H groups in total. The zero-order valence-corrected chi connectivity index (χ0v) is 15.7. The van der Waals surface area contributed by atoms with Crippen LogP contribution in [0.2, 0.25) is 0 Å². The molecule has 140 valence electrons. The normalized spacial score (nSPS) is 9.86. The molecule has 0 aromatic heterocycles. The van der Waals surface area contributed by atoms with Gasteiger partial charge in [-0.15, -0.1) is 0 Å². The van der Waals surface area contributed by atoms with Crippen molar-refractivity contribution in [3.05, 3.63) is 107 Å². The summed E-state index contributed by atoms with van der Waals surface area (Å²) in [4.78, 5) is 11.7. The molecule has 3 aromatic rings. The lowest BCUT2D eigenvalue weighted by Crippen LogP contribution is -2.24. The van der Waals surface area contributed by atoms with Gasteiger partial charge in [0.1, 0.15) is 6.61 Å². The summed E-state index contributed by atoms with van der Waals surface area (Å²) in [7, 11) is 0. The van der Waals surface area contributed by atoms with Crippen LogP contribution in [0.1, 0.15) is 28.7 Å². The number of rotatable bonds is 6. The number of hydrogen-bond acceptors (Lipinski definition) is 2. The third kappa shape index (κ3) is 6.66. The first-order valence-corrected chi connectivity index (χ1v) is 9.36. The second-order valence-electron chi connectivity index (χ2n) is 6.40. The fourth-order valence-corrected chi connectivity index (χ4v) is 2.70. The summed E-state index contributed by atoms with van der Waals surface area (Å²) in [5.74, 6) is 6.20. The first-order valence-electron chi connectivity index (χ1n) is 9.36. The van der Waals surface area contributed by atoms with Gasteiger partial charge in [0.15, 0.2) is 0 Å². The lowest BCUT2D eigenvalue weighted by Gasteiger charge is -2.05. The summed E-state index contributed by atoms with van der Waals surface area (Å²) < 4.78 is 5.16. The van der Waals surface area contributed by atoms with Gasteiger partial charge < -0.3 is 10.1 Å². The van der Waals surface area contributed by atoms with Crippen molar-refractivity contribution in [3.8, 4) is 11.8 Å². The molecular weight excluding hydrogens is 346 g/mol. The number of benzene rings is 3. The Labute approximate surface area is 166 Å². The maximum absolute atomic E-state index is 11.7. The van der Waals surface area contributed by atoms with Crippen LogP contribution < -0.4 is 5.32 Å². The Morgan fingerprint density at radius 2 is 1.39 bits per heavy atom. The molecule has 3 heteroatoms. The van der Waals surface area contributed by atoms with Crippen molar-refractivity contribution in [2.45, 2.75) is 19.4 Å². The molecule has 0 saturated heterocycles. The Kier molecular flexibility index (Phi) is 7.29. The zero-order valence-electron chi connectivity index (χ0n) is 15.7. The molecule has 1 amide bonds. The first-order chi connectivity index (χ1) is 13.8. The predicted molar refractivity (Wildman–Crippen MR) is 112 cm³/mol. The average Bonchev–Trinajstić information content (AvgIpc) is 2.75. The number of carbonyl (C=O) groups is 1. The second kappa shape index (κ2) is 10.6. The van der Waals surface area contributed by atoms with E-state index in [0.717, 1.165) is 17.5 Å². The minimum atomic E-state index is -0.420. The highest BCUT2D eigenvalue weighted by molar-refractivity contribution is 5.67. The SMILES string of the molecule is O=C(NCCC#Cc1ccc(Cc2ccccc2)cc1)OCc1ccccc1. The van der Waals surface area contributed by atoms with Crippen LogP contribution in [0.3, 0.4) is 0 Å². The van der Waals surface area contributed by atoms with E-state index >= 15 is 0 Å². The summed E-state index contributed by atoms with van der Waals surface area (Å²) >= 11 is 0. The van der Waals surface area contributed by atoms with Crippen LogP contribution in [0.15, 0.2) is 84.9 Å². The van der Waals surface area contributed by atoms with Gasteiger partial charge in [0.05, 0.1) is 0 Å². The van der Waals surface area contributed by atoms with Gasteiger partial charge in [-0.05, 0) is 35.2 Å². The summed E-state index contributed by atoms with van der Waals surface area (Å²) in [5, 5.41) is 2.71. The fraction of sp³-hybridized carbons (Fsp3) is 0.160. The van der Waals surface area contributed by atoms with Crippen molar-refractivity contribution in [1.29, 1.82) is 0 Å². The molecule has 28 heavy (non-hydrogen) atoms. The Morgan fingerprint density at radius 1 is 0.786 bits per heavy atom. The van der Waals surface area contributed by atoms with E-state index in [-0.39, 0.29) is 6.61 Å². The van der Waals surface area contributed by atoms with Gasteiger partial charge in [-0.1, -0.05) is 84.6 Å². The molecule has 3 nitrogen and oxygen atoms in total. The molecule has 0 saturated carbocycles. The van der Waals surface area contributed by atoms with Gasteiger partial charge in [0, 0.05) is 18.5 Å². The van der Waals surface area contributed by atoms with Gasteiger partial charge in [0.2, 0.25) is 0 Å². The van der Waals surface area contributed by atoms with Crippen molar-refractivity contribution in [3.63, 3.8) is 0 Å². The van der Waals surface area contributed by atoms with Crippen LogP contribution >= 0.6 is 0 Å². The Hall–Kier alpha value is -3.51. The van der Waals surface area contributed by atoms with Crippen molar-refractivity contribution < 1.29 is 9.53 Å². The van der Waals surface area contributed by atoms with Crippen LogP contribution in [0.25, 0.3) is 0 Å². The molecule has 3 aromatic carbocycles. The first kappa shape index (κ1) is 19.3. The topological polar surface area (TPSA) is 38.3 Å². The van der Waals surface area contributed by atoms with E-state index in [1.54, 1.807) is 0 Å². The average molecular weight is 369 g/mol. The van der Waals surface area contributed by atoms with Gasteiger partial charge >= 0.3 is 6.09 Å². The molecule has 0 atom stereocenters. The molecule has 0 heterocycles. The summed E-state index contributed by atoms with van der Waals surface area (Å²) in [6.45, 7) is 0.737. The van der Waals surface area contributed by atoms with Gasteiger partial charge in [-0.25, -0.2) is 4.79 Å². The number of alkyl carbamates (subject to hydrolysis) is 1. The highest BCUT2D eigenvalue weighted by Crippen LogP contribution is 2.10. The highest BCUT2D eigenvalue weighted by Gasteiger charge is 2.00. The molecule has 0 bridgehead atoms. The third-order valence-electron chi connectivity index (χ3n) is 4.17. The van der Waals surface area contributed by atoms with E-state index in [9.17, 15) is 4.79 Å². The standard InChI is InChI=1S/C25H23NO2/c27-25(28-20-24-12-5-2-6-13-24)26-18-8-7-9-21-14-16-23(17-15-21)19-22-10-3-1-4-11-22/h1-6,10-17H,8,18-20H2,(H,26,27). The largest absolute Gasteiger partial charge is 0.445 e. The molecule has 0 fully saturated rings. The number of ether oxygens (including phenoxy) is 1. The van der Waals surface area contributed by atoms with Crippen molar-refractivity contribution >= 4 is 6.09 Å². The number of hydrogen-bond donors (Lipinski definition) is 1. The van der Waals surface area contributed by atoms with Crippen LogP contribution in [-0.4, -0.2) is 12.6 Å². The molecular formula is C25H23NO2. The molecule has 0 aliphatic rings. The maximum atomic E-state index is 11.7. The minimum Gasteiger partial charge on any atom is -0.445 e. The van der Waals surface area contributed by atoms with E-state index in [1.165, 1.54) is 11.1 Å². The lowest BCUT2D eigenvalue weighted by molar-refractivity contribution is 0.140. The molecule has 0 spiro atoms. The number of carbonyl (C=O) groups excluding carboxylic acids is 1. The van der Waals surface area contributed by atoms with E-state index in [1.807, 2.05) is 48.5 Å². The zero-order chi connectivity index (χ0) is 19.4. The lowest BCUT2D eigenvalue weighted by atomic mass is 10.0. The van der Waals surface area contributed by atoms with E-state index < -0.39 is 6.09 Å². The monoisotopic (exact) mass is 369 g/mol. The van der Waals surface area contributed by atoms with Gasteiger partial charge in [0.25, 0.3) is 0 Å². The number of amides is 1. The third-order valence-corrected chi connectivity index (χ3v) is 4.17. The molecule has 0 aliphatic carbocycles. The Bertz CT molecular complexity index is 923. The van der Waals surface area contributed by atoms with E-state index in [0.29, 0.717) is 13.0 Å². The minimum absolute atomic E-state index is 0.272. The molecule has 0 unspecified atom stereocenters. The fourth-order valence-electron chi connectivity index (χ4n) is 2.70. The maximum Gasteiger partial charge on any atom is 0.407 e. The summed E-state index contributed by atoms with van der Waals surface area (Å²) in [6, 6.07) is 28.3. The van der Waals surface area contributed by atoms with Gasteiger partial charge in [-0.2, -0.15) is 0 Å². The van der Waals surface area contributed by atoms with Crippen LogP contribution in [0, 0.1) is 11.8 Å². The van der Waals surface area contributed by atoms with Crippen molar-refractivity contribution in [2.75, 3.05) is 6.54 Å². The van der Waals surface area contributed by atoms with Gasteiger partial charge in [-0.3, -0.25) is 0 Å². The number of nitrogens with one attached hydrogen (secondary N) is 1. The summed E-state index contributed by atoms with van der Waals surface area (Å²) in [5.41, 5.74) is 4.50. The smallest absolute Gasteiger partial charge is 0.407 e. The molecule has 0 aliphatic heterocycles. The van der Waals surface area contributed by atoms with Crippen LogP contribution in [0.4, 0.5) is 4.79 Å². The highest BCUT2D eigenvalue weighted by atomic mass is 16.5. The van der Waals surface area contributed by atoms with Crippen molar-refractivity contribution in [1.82, 2.24) is 5.32 Å². The Balaban J connectivity index is 1.36. The predicted octanol–water partition coefficient (Wildman–Crippen LogP) is 4.95. The second-order valence-corrected chi connectivity index (χ2v) is 6.40. The van der Waals surface area contributed by atoms with Crippen molar-refractivity contribution in [2.24, 2.45) is 0 Å². The van der Waals surface area contributed by atoms with E-state index in [4.69, 9.17) is 4.74 Å².